The predicted octanol–water partition coefficient (Wildman–Crippen LogP) is 4.54. The Balaban J connectivity index is 1.75. The molecular formula is C27H33N5O2. The summed E-state index contributed by atoms with van der Waals surface area (Å²) in [5.41, 5.74) is 7.83. The lowest BCUT2D eigenvalue weighted by Crippen LogP contribution is -2.46. The third-order valence-electron chi connectivity index (χ3n) is 7.12. The van der Waals surface area contributed by atoms with Gasteiger partial charge < -0.3 is 20.3 Å². The number of hydrogen-bond acceptors (Lipinski definition) is 5. The summed E-state index contributed by atoms with van der Waals surface area (Å²) in [6.45, 7) is 8.03. The van der Waals surface area contributed by atoms with E-state index in [1.807, 2.05) is 48.9 Å². The van der Waals surface area contributed by atoms with Gasteiger partial charge in [0.05, 0.1) is 34.0 Å². The number of primary amides is 1. The van der Waals surface area contributed by atoms with Crippen molar-refractivity contribution in [1.29, 1.82) is 5.26 Å². The van der Waals surface area contributed by atoms with E-state index in [2.05, 4.69) is 29.8 Å². The zero-order chi connectivity index (χ0) is 24.6. The van der Waals surface area contributed by atoms with E-state index >= 15 is 0 Å². The van der Waals surface area contributed by atoms with E-state index in [0.717, 1.165) is 42.3 Å². The van der Waals surface area contributed by atoms with Crippen LogP contribution in [0.15, 0.2) is 42.7 Å². The van der Waals surface area contributed by atoms with Gasteiger partial charge in [0, 0.05) is 35.9 Å². The molecule has 7 heteroatoms. The van der Waals surface area contributed by atoms with Gasteiger partial charge in [0.15, 0.2) is 0 Å². The Hall–Kier alpha value is -3.37. The molecule has 0 aliphatic heterocycles. The first kappa shape index (κ1) is 23.8. The fourth-order valence-corrected chi connectivity index (χ4v) is 5.34. The fraction of sp³-hybridized carbons (Fsp3) is 0.444. The second kappa shape index (κ2) is 9.11. The summed E-state index contributed by atoms with van der Waals surface area (Å²) >= 11 is 0. The Morgan fingerprint density at radius 2 is 1.94 bits per heavy atom. The van der Waals surface area contributed by atoms with Gasteiger partial charge in [-0.15, -0.1) is 0 Å². The van der Waals surface area contributed by atoms with E-state index < -0.39 is 11.5 Å². The van der Waals surface area contributed by atoms with Crippen molar-refractivity contribution in [1.82, 2.24) is 9.55 Å². The average Bonchev–Trinajstić information content (AvgIpc) is 3.21. The van der Waals surface area contributed by atoms with Crippen molar-refractivity contribution < 1.29 is 9.90 Å². The maximum Gasteiger partial charge on any atom is 0.252 e. The van der Waals surface area contributed by atoms with Crippen molar-refractivity contribution in [2.75, 3.05) is 4.90 Å². The summed E-state index contributed by atoms with van der Waals surface area (Å²) in [5, 5.41) is 20.6. The van der Waals surface area contributed by atoms with Gasteiger partial charge in [-0.05, 0) is 83.6 Å². The number of fused-ring (bicyclic) bond motifs is 1. The van der Waals surface area contributed by atoms with Gasteiger partial charge in [0.1, 0.15) is 5.82 Å². The lowest BCUT2D eigenvalue weighted by atomic mass is 9.76. The number of carbonyl (C=O) groups is 1. The van der Waals surface area contributed by atoms with Crippen LogP contribution >= 0.6 is 0 Å². The van der Waals surface area contributed by atoms with Crippen LogP contribution in [0.25, 0.3) is 16.7 Å². The monoisotopic (exact) mass is 459 g/mol. The zero-order valence-corrected chi connectivity index (χ0v) is 20.3. The second-order valence-electron chi connectivity index (χ2n) is 10.2. The molecular weight excluding hydrogens is 426 g/mol. The van der Waals surface area contributed by atoms with Gasteiger partial charge in [-0.3, -0.25) is 4.79 Å². The van der Waals surface area contributed by atoms with Crippen molar-refractivity contribution in [2.45, 2.75) is 71.1 Å². The number of benzene rings is 1. The molecule has 7 nitrogen and oxygen atoms in total. The highest BCUT2D eigenvalue weighted by Crippen LogP contribution is 2.38. The SMILES string of the molecule is CC(C)N(c1cc(-n2ccc3cc(C#N)ccc32)ncc1C(N)=O)C1CCC(C(C)(C)O)CC1. The van der Waals surface area contributed by atoms with E-state index in [4.69, 9.17) is 5.73 Å². The quantitative estimate of drug-likeness (QED) is 0.563. The molecule has 1 saturated carbocycles. The third kappa shape index (κ3) is 4.51. The molecule has 1 amide bonds. The molecule has 3 N–H and O–H groups in total. The first-order chi connectivity index (χ1) is 16.1. The van der Waals surface area contributed by atoms with Crippen LogP contribution in [-0.4, -0.2) is 38.2 Å². The first-order valence-electron chi connectivity index (χ1n) is 11.9. The minimum atomic E-state index is -0.684. The fourth-order valence-electron chi connectivity index (χ4n) is 5.34. The van der Waals surface area contributed by atoms with E-state index in [-0.39, 0.29) is 18.0 Å². The predicted molar refractivity (Wildman–Crippen MR) is 134 cm³/mol. The number of nitrogens with zero attached hydrogens (tertiary/aromatic N) is 4. The second-order valence-corrected chi connectivity index (χ2v) is 10.2. The van der Waals surface area contributed by atoms with E-state index in [1.54, 1.807) is 12.3 Å². The van der Waals surface area contributed by atoms with Gasteiger partial charge in [-0.25, -0.2) is 4.98 Å². The van der Waals surface area contributed by atoms with Crippen LogP contribution in [-0.2, 0) is 0 Å². The Morgan fingerprint density at radius 3 is 2.53 bits per heavy atom. The van der Waals surface area contributed by atoms with Crippen LogP contribution < -0.4 is 10.6 Å². The molecule has 0 unspecified atom stereocenters. The zero-order valence-electron chi connectivity index (χ0n) is 20.3. The average molecular weight is 460 g/mol. The molecule has 0 bridgehead atoms. The molecule has 0 spiro atoms. The smallest absolute Gasteiger partial charge is 0.252 e. The molecule has 1 fully saturated rings. The van der Waals surface area contributed by atoms with Gasteiger partial charge in [0.25, 0.3) is 5.91 Å². The van der Waals surface area contributed by atoms with Crippen molar-refractivity contribution in [3.8, 4) is 11.9 Å². The summed E-state index contributed by atoms with van der Waals surface area (Å²) in [4.78, 5) is 19.2. The number of aromatic nitrogens is 2. The molecule has 178 valence electrons. The maximum atomic E-state index is 12.4. The van der Waals surface area contributed by atoms with E-state index in [9.17, 15) is 15.2 Å². The number of nitriles is 1. The highest BCUT2D eigenvalue weighted by Gasteiger charge is 2.35. The van der Waals surface area contributed by atoms with Gasteiger partial charge in [0.2, 0.25) is 0 Å². The molecule has 34 heavy (non-hydrogen) atoms. The molecule has 2 heterocycles. The Morgan fingerprint density at radius 1 is 1.24 bits per heavy atom. The molecule has 4 rings (SSSR count). The standard InChI is InChI=1S/C27H33N5O2/c1-17(2)32(21-8-6-20(7-9-21)27(3,4)34)24-14-25(30-16-22(24)26(29)33)31-12-11-19-13-18(15-28)5-10-23(19)31/h5,10-14,16-17,20-21,34H,6-9H2,1-4H3,(H2,29,33). The number of carbonyl (C=O) groups excluding carboxylic acids is 1. The van der Waals surface area contributed by atoms with Gasteiger partial charge in [-0.2, -0.15) is 5.26 Å². The van der Waals surface area contributed by atoms with Crippen molar-refractivity contribution >= 4 is 22.5 Å². The Labute approximate surface area is 200 Å². The van der Waals surface area contributed by atoms with Crippen LogP contribution in [0.5, 0.6) is 0 Å². The topological polar surface area (TPSA) is 108 Å². The van der Waals surface area contributed by atoms with Gasteiger partial charge >= 0.3 is 0 Å². The number of pyridine rings is 1. The molecule has 0 atom stereocenters. The highest BCUT2D eigenvalue weighted by molar-refractivity contribution is 5.99. The largest absolute Gasteiger partial charge is 0.390 e. The number of aliphatic hydroxyl groups is 1. The lowest BCUT2D eigenvalue weighted by molar-refractivity contribution is -0.00176. The normalized spacial score (nSPS) is 18.7. The van der Waals surface area contributed by atoms with E-state index in [1.165, 1.54) is 0 Å². The lowest BCUT2D eigenvalue weighted by Gasteiger charge is -2.43. The number of hydrogen-bond donors (Lipinski definition) is 2. The molecule has 0 saturated heterocycles. The molecule has 1 aliphatic carbocycles. The van der Waals surface area contributed by atoms with Crippen LogP contribution in [0.2, 0.25) is 0 Å². The summed E-state index contributed by atoms with van der Waals surface area (Å²) in [6.07, 6.45) is 7.24. The molecule has 1 aliphatic rings. The van der Waals surface area contributed by atoms with E-state index in [0.29, 0.717) is 16.9 Å². The first-order valence-corrected chi connectivity index (χ1v) is 11.9. The summed E-state index contributed by atoms with van der Waals surface area (Å²) < 4.78 is 1.97. The molecule has 2 aromatic heterocycles. The van der Waals surface area contributed by atoms with Crippen molar-refractivity contribution in [3.05, 3.63) is 53.9 Å². The minimum Gasteiger partial charge on any atom is -0.390 e. The number of amides is 1. The van der Waals surface area contributed by atoms with Crippen LogP contribution in [0, 0.1) is 17.2 Å². The van der Waals surface area contributed by atoms with Crippen molar-refractivity contribution in [2.24, 2.45) is 11.7 Å². The maximum absolute atomic E-state index is 12.4. The van der Waals surface area contributed by atoms with Crippen molar-refractivity contribution in [3.63, 3.8) is 0 Å². The highest BCUT2D eigenvalue weighted by atomic mass is 16.3. The molecule has 0 radical (unpaired) electrons. The summed E-state index contributed by atoms with van der Waals surface area (Å²) in [7, 11) is 0. The Kier molecular flexibility index (Phi) is 6.37. The van der Waals surface area contributed by atoms with Crippen LogP contribution in [0.3, 0.4) is 0 Å². The molecule has 3 aromatic rings. The van der Waals surface area contributed by atoms with Crippen LogP contribution in [0.4, 0.5) is 5.69 Å². The summed E-state index contributed by atoms with van der Waals surface area (Å²) in [5.74, 6) is 0.461. The third-order valence-corrected chi connectivity index (χ3v) is 7.12. The number of anilines is 1. The van der Waals surface area contributed by atoms with Crippen LogP contribution in [0.1, 0.15) is 69.3 Å². The van der Waals surface area contributed by atoms with Gasteiger partial charge in [-0.1, -0.05) is 0 Å². The minimum absolute atomic E-state index is 0.150. The summed E-state index contributed by atoms with van der Waals surface area (Å²) in [6, 6.07) is 12.0. The number of nitrogens with two attached hydrogens (primary N) is 1. The molecule has 1 aromatic carbocycles. The number of rotatable bonds is 6. The Bertz CT molecular complexity index is 1240.